The van der Waals surface area contributed by atoms with E-state index in [0.29, 0.717) is 18.0 Å². The molecule has 0 aliphatic carbocycles. The predicted molar refractivity (Wildman–Crippen MR) is 81.1 cm³/mol. The molecule has 0 atom stereocenters. The third kappa shape index (κ3) is 5.79. The number of ether oxygens (including phenoxy) is 1. The Hall–Kier alpha value is -1.27. The van der Waals surface area contributed by atoms with Gasteiger partial charge in [0.1, 0.15) is 5.75 Å². The number of sulfonamides is 1. The van der Waals surface area contributed by atoms with Crippen molar-refractivity contribution in [1.82, 2.24) is 0 Å². The lowest BCUT2D eigenvalue weighted by Crippen LogP contribution is -2.12. The van der Waals surface area contributed by atoms with E-state index < -0.39 is 10.0 Å². The van der Waals surface area contributed by atoms with Gasteiger partial charge in [-0.15, -0.1) is 0 Å². The Kier molecular flexibility index (Phi) is 6.81. The molecule has 0 saturated carbocycles. The maximum atomic E-state index is 11.3. The predicted octanol–water partition coefficient (Wildman–Crippen LogP) is 2.66. The van der Waals surface area contributed by atoms with Crippen LogP contribution >= 0.6 is 0 Å². The van der Waals surface area contributed by atoms with Gasteiger partial charge in [0.05, 0.1) is 17.2 Å². The number of anilines is 1. The Morgan fingerprint density at radius 2 is 1.75 bits per heavy atom. The third-order valence-electron chi connectivity index (χ3n) is 3.07. The number of hydrogen-bond acceptors (Lipinski definition) is 4. The first-order valence-electron chi connectivity index (χ1n) is 7.00. The Morgan fingerprint density at radius 3 is 2.40 bits per heavy atom. The van der Waals surface area contributed by atoms with Crippen LogP contribution < -0.4 is 15.6 Å². The first-order valence-corrected chi connectivity index (χ1v) is 8.55. The van der Waals surface area contributed by atoms with Gasteiger partial charge in [0.2, 0.25) is 10.0 Å². The summed E-state index contributed by atoms with van der Waals surface area (Å²) in [7, 11) is -3.72. The molecule has 0 aliphatic heterocycles. The number of benzene rings is 1. The molecule has 0 aliphatic rings. The molecule has 6 heteroatoms. The van der Waals surface area contributed by atoms with Crippen molar-refractivity contribution in [2.24, 2.45) is 5.14 Å². The van der Waals surface area contributed by atoms with E-state index in [0.717, 1.165) is 12.8 Å². The maximum Gasteiger partial charge on any atom is 0.238 e. The van der Waals surface area contributed by atoms with Crippen LogP contribution in [0.25, 0.3) is 0 Å². The average Bonchev–Trinajstić information content (AvgIpc) is 2.38. The lowest BCUT2D eigenvalue weighted by atomic mass is 10.1. The normalized spacial score (nSPS) is 11.5. The zero-order valence-electron chi connectivity index (χ0n) is 12.0. The molecule has 0 aromatic heterocycles. The van der Waals surface area contributed by atoms with E-state index in [1.54, 1.807) is 0 Å². The molecule has 0 spiro atoms. The minimum atomic E-state index is -3.72. The van der Waals surface area contributed by atoms with Gasteiger partial charge in [-0.05, 0) is 18.6 Å². The number of primary sulfonamides is 1. The highest BCUT2D eigenvalue weighted by molar-refractivity contribution is 7.89. The van der Waals surface area contributed by atoms with Gasteiger partial charge in [0, 0.05) is 6.07 Å². The molecule has 0 heterocycles. The van der Waals surface area contributed by atoms with E-state index >= 15 is 0 Å². The van der Waals surface area contributed by atoms with E-state index in [-0.39, 0.29) is 4.90 Å². The second-order valence-corrected chi connectivity index (χ2v) is 6.42. The molecule has 114 valence electrons. The van der Waals surface area contributed by atoms with Gasteiger partial charge >= 0.3 is 0 Å². The summed E-state index contributed by atoms with van der Waals surface area (Å²) in [6.07, 6.45) is 6.98. The second-order valence-electron chi connectivity index (χ2n) is 4.86. The molecule has 1 aromatic rings. The Bertz CT molecular complexity index is 515. The highest BCUT2D eigenvalue weighted by Crippen LogP contribution is 2.24. The zero-order chi connectivity index (χ0) is 15.0. The number of nitrogens with two attached hydrogens (primary N) is 2. The fraction of sp³-hybridized carbons (Fsp3) is 0.571. The topological polar surface area (TPSA) is 95.4 Å². The van der Waals surface area contributed by atoms with Gasteiger partial charge in [-0.2, -0.15) is 0 Å². The highest BCUT2D eigenvalue weighted by atomic mass is 32.2. The molecule has 20 heavy (non-hydrogen) atoms. The van der Waals surface area contributed by atoms with Crippen LogP contribution in [0.3, 0.4) is 0 Å². The molecule has 0 unspecified atom stereocenters. The standard InChI is InChI=1S/C14H24N2O3S/c1-2-3-4-5-6-7-10-19-14-11-12(20(16,17)18)8-9-13(14)15/h8-9,11H,2-7,10,15H2,1H3,(H2,16,17,18). The summed E-state index contributed by atoms with van der Waals surface area (Å²) in [5.74, 6) is 0.380. The van der Waals surface area contributed by atoms with Crippen molar-refractivity contribution in [3.63, 3.8) is 0 Å². The van der Waals surface area contributed by atoms with E-state index in [4.69, 9.17) is 15.6 Å². The lowest BCUT2D eigenvalue weighted by molar-refractivity contribution is 0.305. The van der Waals surface area contributed by atoms with Crippen molar-refractivity contribution in [3.05, 3.63) is 18.2 Å². The second kappa shape index (κ2) is 8.11. The van der Waals surface area contributed by atoms with Crippen LogP contribution in [-0.2, 0) is 10.0 Å². The van der Waals surface area contributed by atoms with Crippen molar-refractivity contribution in [1.29, 1.82) is 0 Å². The van der Waals surface area contributed by atoms with Crippen molar-refractivity contribution in [3.8, 4) is 5.75 Å². The summed E-state index contributed by atoms with van der Waals surface area (Å²) < 4.78 is 28.0. The van der Waals surface area contributed by atoms with Gasteiger partial charge in [0.25, 0.3) is 0 Å². The van der Waals surface area contributed by atoms with Crippen LogP contribution in [0.5, 0.6) is 5.75 Å². The summed E-state index contributed by atoms with van der Waals surface area (Å²) in [5, 5.41) is 5.07. The van der Waals surface area contributed by atoms with Crippen LogP contribution in [-0.4, -0.2) is 15.0 Å². The van der Waals surface area contributed by atoms with E-state index in [1.807, 2.05) is 0 Å². The van der Waals surface area contributed by atoms with Crippen LogP contribution in [0, 0.1) is 0 Å². The summed E-state index contributed by atoms with van der Waals surface area (Å²) in [6, 6.07) is 4.25. The molecule has 0 bridgehead atoms. The van der Waals surface area contributed by atoms with Crippen LogP contribution in [0.1, 0.15) is 45.4 Å². The largest absolute Gasteiger partial charge is 0.491 e. The van der Waals surface area contributed by atoms with E-state index in [9.17, 15) is 8.42 Å². The van der Waals surface area contributed by atoms with Gasteiger partial charge in [-0.1, -0.05) is 39.0 Å². The van der Waals surface area contributed by atoms with Crippen LogP contribution in [0.4, 0.5) is 5.69 Å². The van der Waals surface area contributed by atoms with E-state index in [1.165, 1.54) is 43.9 Å². The van der Waals surface area contributed by atoms with Gasteiger partial charge in [0.15, 0.2) is 0 Å². The van der Waals surface area contributed by atoms with Crippen molar-refractivity contribution in [2.75, 3.05) is 12.3 Å². The van der Waals surface area contributed by atoms with Gasteiger partial charge in [-0.3, -0.25) is 0 Å². The lowest BCUT2D eigenvalue weighted by Gasteiger charge is -2.10. The zero-order valence-corrected chi connectivity index (χ0v) is 12.8. The number of nitrogen functional groups attached to an aromatic ring is 1. The maximum absolute atomic E-state index is 11.3. The monoisotopic (exact) mass is 300 g/mol. The fourth-order valence-corrected chi connectivity index (χ4v) is 2.41. The number of hydrogen-bond donors (Lipinski definition) is 2. The molecule has 0 saturated heterocycles. The Labute approximate surface area is 121 Å². The van der Waals surface area contributed by atoms with Gasteiger partial charge in [-0.25, -0.2) is 13.6 Å². The minimum Gasteiger partial charge on any atom is -0.491 e. The SMILES string of the molecule is CCCCCCCCOc1cc(S(N)(=O)=O)ccc1N. The molecule has 0 radical (unpaired) electrons. The fourth-order valence-electron chi connectivity index (χ4n) is 1.88. The Balaban J connectivity index is 2.44. The summed E-state index contributed by atoms with van der Waals surface area (Å²) in [5.41, 5.74) is 6.17. The third-order valence-corrected chi connectivity index (χ3v) is 3.98. The van der Waals surface area contributed by atoms with Crippen LogP contribution in [0.15, 0.2) is 23.1 Å². The molecule has 1 aromatic carbocycles. The summed E-state index contributed by atoms with van der Waals surface area (Å²) in [4.78, 5) is 0.0182. The summed E-state index contributed by atoms with van der Waals surface area (Å²) >= 11 is 0. The van der Waals surface area contributed by atoms with Gasteiger partial charge < -0.3 is 10.5 Å². The van der Waals surface area contributed by atoms with Crippen molar-refractivity contribution in [2.45, 2.75) is 50.3 Å². The molecule has 0 fully saturated rings. The first kappa shape index (κ1) is 16.8. The smallest absolute Gasteiger partial charge is 0.238 e. The number of unbranched alkanes of at least 4 members (excludes halogenated alkanes) is 5. The minimum absolute atomic E-state index is 0.0182. The van der Waals surface area contributed by atoms with Crippen molar-refractivity contribution < 1.29 is 13.2 Å². The molecule has 4 N–H and O–H groups in total. The Morgan fingerprint density at radius 1 is 1.10 bits per heavy atom. The molecular formula is C14H24N2O3S. The number of rotatable bonds is 9. The first-order chi connectivity index (χ1) is 9.45. The molecule has 5 nitrogen and oxygen atoms in total. The summed E-state index contributed by atoms with van der Waals surface area (Å²) in [6.45, 7) is 2.72. The van der Waals surface area contributed by atoms with E-state index in [2.05, 4.69) is 6.92 Å². The van der Waals surface area contributed by atoms with Crippen LogP contribution in [0.2, 0.25) is 0 Å². The van der Waals surface area contributed by atoms with Crippen molar-refractivity contribution >= 4 is 15.7 Å². The molecule has 0 amide bonds. The molecular weight excluding hydrogens is 276 g/mol. The molecule has 1 rings (SSSR count). The average molecular weight is 300 g/mol. The highest BCUT2D eigenvalue weighted by Gasteiger charge is 2.11. The quantitative estimate of drug-likeness (QED) is 0.541.